The molecule has 17 heavy (non-hydrogen) atoms. The number of unbranched alkanes of at least 4 members (excludes halogenated alkanes) is 2. The lowest BCUT2D eigenvalue weighted by molar-refractivity contribution is -0.142. The molecule has 2 amide bonds. The Morgan fingerprint density at radius 1 is 1.35 bits per heavy atom. The molecule has 1 rings (SSSR count). The van der Waals surface area contributed by atoms with Crippen LogP contribution in [-0.4, -0.2) is 41.6 Å². The van der Waals surface area contributed by atoms with Crippen molar-refractivity contribution in [1.29, 1.82) is 0 Å². The van der Waals surface area contributed by atoms with Crippen LogP contribution < -0.4 is 5.32 Å². The number of nitrogens with one attached hydrogen (secondary N) is 1. The molecule has 0 aromatic heterocycles. The summed E-state index contributed by atoms with van der Waals surface area (Å²) in [7, 11) is 0. The monoisotopic (exact) mass is 242 g/mol. The van der Waals surface area contributed by atoms with Gasteiger partial charge in [0.15, 0.2) is 0 Å². The van der Waals surface area contributed by atoms with E-state index in [1.54, 1.807) is 4.90 Å². The van der Waals surface area contributed by atoms with E-state index >= 15 is 0 Å². The van der Waals surface area contributed by atoms with Crippen molar-refractivity contribution in [2.75, 3.05) is 19.6 Å². The molecule has 1 saturated heterocycles. The van der Waals surface area contributed by atoms with E-state index in [-0.39, 0.29) is 11.9 Å². The first-order valence-electron chi connectivity index (χ1n) is 6.31. The number of hydrogen-bond acceptors (Lipinski definition) is 2. The number of aliphatic carboxylic acids is 1. The van der Waals surface area contributed by atoms with Crippen LogP contribution in [0.1, 0.15) is 33.1 Å². The van der Waals surface area contributed by atoms with Gasteiger partial charge in [-0.2, -0.15) is 0 Å². The molecule has 0 saturated carbocycles. The minimum Gasteiger partial charge on any atom is -0.481 e. The molecule has 0 aromatic carbocycles. The third kappa shape index (κ3) is 3.91. The van der Waals surface area contributed by atoms with E-state index < -0.39 is 11.9 Å². The van der Waals surface area contributed by atoms with Crippen molar-refractivity contribution >= 4 is 12.0 Å². The van der Waals surface area contributed by atoms with Crippen molar-refractivity contribution in [3.63, 3.8) is 0 Å². The summed E-state index contributed by atoms with van der Waals surface area (Å²) < 4.78 is 0. The van der Waals surface area contributed by atoms with E-state index in [1.807, 2.05) is 6.92 Å². The molecule has 5 nitrogen and oxygen atoms in total. The molecule has 98 valence electrons. The zero-order chi connectivity index (χ0) is 12.8. The van der Waals surface area contributed by atoms with Gasteiger partial charge in [0.25, 0.3) is 0 Å². The molecule has 2 atom stereocenters. The molecule has 5 heteroatoms. The highest BCUT2D eigenvalue weighted by molar-refractivity contribution is 5.77. The lowest BCUT2D eigenvalue weighted by Gasteiger charge is -2.16. The van der Waals surface area contributed by atoms with Crippen LogP contribution in [0.2, 0.25) is 0 Å². The summed E-state index contributed by atoms with van der Waals surface area (Å²) in [6.45, 7) is 5.53. The maximum atomic E-state index is 11.7. The van der Waals surface area contributed by atoms with E-state index in [4.69, 9.17) is 5.11 Å². The Morgan fingerprint density at radius 2 is 2.06 bits per heavy atom. The molecule has 0 radical (unpaired) electrons. The van der Waals surface area contributed by atoms with Crippen LogP contribution in [0, 0.1) is 11.8 Å². The Kier molecular flexibility index (Phi) is 5.25. The maximum absolute atomic E-state index is 11.7. The molecular weight excluding hydrogens is 220 g/mol. The first kappa shape index (κ1) is 13.8. The van der Waals surface area contributed by atoms with Crippen molar-refractivity contribution in [1.82, 2.24) is 10.2 Å². The van der Waals surface area contributed by atoms with Crippen LogP contribution in [0.25, 0.3) is 0 Å². The lowest BCUT2D eigenvalue weighted by atomic mass is 9.99. The van der Waals surface area contributed by atoms with Crippen LogP contribution in [0.5, 0.6) is 0 Å². The highest BCUT2D eigenvalue weighted by Gasteiger charge is 2.36. The fourth-order valence-electron chi connectivity index (χ4n) is 2.14. The molecule has 0 aromatic rings. The molecule has 1 fully saturated rings. The minimum atomic E-state index is -0.807. The number of carboxylic acid groups (broad SMARTS) is 1. The summed E-state index contributed by atoms with van der Waals surface area (Å²) in [6.07, 6.45) is 3.21. The number of rotatable bonds is 5. The fraction of sp³-hybridized carbons (Fsp3) is 0.833. The minimum absolute atomic E-state index is 0.0360. The summed E-state index contributed by atoms with van der Waals surface area (Å²) >= 11 is 0. The number of nitrogens with zero attached hydrogens (tertiary/aromatic N) is 1. The summed E-state index contributed by atoms with van der Waals surface area (Å²) in [6, 6.07) is -0.128. The van der Waals surface area contributed by atoms with Crippen LogP contribution in [-0.2, 0) is 4.79 Å². The van der Waals surface area contributed by atoms with Gasteiger partial charge in [-0.1, -0.05) is 26.7 Å². The molecule has 1 heterocycles. The van der Waals surface area contributed by atoms with Crippen LogP contribution in [0.4, 0.5) is 4.79 Å². The normalized spacial score (nSPS) is 23.8. The van der Waals surface area contributed by atoms with Crippen LogP contribution >= 0.6 is 0 Å². The number of amides is 2. The first-order chi connectivity index (χ1) is 8.06. The van der Waals surface area contributed by atoms with E-state index in [0.717, 1.165) is 19.3 Å². The van der Waals surface area contributed by atoms with Crippen molar-refractivity contribution < 1.29 is 14.7 Å². The van der Waals surface area contributed by atoms with Crippen molar-refractivity contribution in [2.24, 2.45) is 11.8 Å². The Hall–Kier alpha value is -1.26. The molecule has 2 unspecified atom stereocenters. The summed E-state index contributed by atoms with van der Waals surface area (Å²) in [5.41, 5.74) is 0. The second kappa shape index (κ2) is 6.47. The smallest absolute Gasteiger partial charge is 0.317 e. The van der Waals surface area contributed by atoms with Crippen molar-refractivity contribution in [3.05, 3.63) is 0 Å². The van der Waals surface area contributed by atoms with Crippen molar-refractivity contribution in [2.45, 2.75) is 33.1 Å². The van der Waals surface area contributed by atoms with E-state index in [0.29, 0.717) is 19.6 Å². The Labute approximate surface area is 102 Å². The zero-order valence-electron chi connectivity index (χ0n) is 10.6. The van der Waals surface area contributed by atoms with Gasteiger partial charge in [-0.15, -0.1) is 0 Å². The molecule has 0 bridgehead atoms. The van der Waals surface area contributed by atoms with Gasteiger partial charge in [-0.3, -0.25) is 4.79 Å². The number of hydrogen-bond donors (Lipinski definition) is 2. The van der Waals surface area contributed by atoms with Gasteiger partial charge < -0.3 is 15.3 Å². The highest BCUT2D eigenvalue weighted by atomic mass is 16.4. The fourth-order valence-corrected chi connectivity index (χ4v) is 2.14. The molecular formula is C12H22N2O3. The first-order valence-corrected chi connectivity index (χ1v) is 6.31. The quantitative estimate of drug-likeness (QED) is 0.718. The highest BCUT2D eigenvalue weighted by Crippen LogP contribution is 2.22. The third-order valence-electron chi connectivity index (χ3n) is 3.27. The number of carboxylic acids is 1. The number of likely N-dealkylation sites (tertiary alicyclic amines) is 1. The maximum Gasteiger partial charge on any atom is 0.317 e. The second-order valence-electron chi connectivity index (χ2n) is 4.77. The van der Waals surface area contributed by atoms with Crippen LogP contribution in [0.3, 0.4) is 0 Å². The molecule has 1 aliphatic rings. The molecule has 1 aliphatic heterocycles. The largest absolute Gasteiger partial charge is 0.481 e. The predicted octanol–water partition coefficient (Wildman–Crippen LogP) is 1.54. The Morgan fingerprint density at radius 3 is 2.59 bits per heavy atom. The molecule has 2 N–H and O–H groups in total. The van der Waals surface area contributed by atoms with Crippen LogP contribution in [0.15, 0.2) is 0 Å². The van der Waals surface area contributed by atoms with Gasteiger partial charge in [-0.25, -0.2) is 4.79 Å². The summed E-state index contributed by atoms with van der Waals surface area (Å²) in [5.74, 6) is -1.19. The van der Waals surface area contributed by atoms with E-state index in [1.165, 1.54) is 0 Å². The summed E-state index contributed by atoms with van der Waals surface area (Å²) in [5, 5.41) is 11.8. The van der Waals surface area contributed by atoms with Gasteiger partial charge in [0, 0.05) is 19.6 Å². The van der Waals surface area contributed by atoms with Gasteiger partial charge in [0.1, 0.15) is 0 Å². The molecule has 0 aliphatic carbocycles. The Balaban J connectivity index is 2.32. The zero-order valence-corrected chi connectivity index (χ0v) is 10.6. The van der Waals surface area contributed by atoms with Gasteiger partial charge in [-0.05, 0) is 12.3 Å². The Bertz CT molecular complexity index is 281. The van der Waals surface area contributed by atoms with E-state index in [9.17, 15) is 9.59 Å². The predicted molar refractivity (Wildman–Crippen MR) is 64.8 cm³/mol. The van der Waals surface area contributed by atoms with Gasteiger partial charge in [0.05, 0.1) is 5.92 Å². The SMILES string of the molecule is CCCCCNC(=O)N1CC(C)C(C(=O)O)C1. The summed E-state index contributed by atoms with van der Waals surface area (Å²) in [4.78, 5) is 24.3. The topological polar surface area (TPSA) is 69.6 Å². The standard InChI is InChI=1S/C12H22N2O3/c1-3-4-5-6-13-12(17)14-7-9(2)10(8-14)11(15)16/h9-10H,3-8H2,1-2H3,(H,13,17)(H,15,16). The number of carbonyl (C=O) groups is 2. The average Bonchev–Trinajstić information content (AvgIpc) is 2.66. The second-order valence-corrected chi connectivity index (χ2v) is 4.77. The molecule has 0 spiro atoms. The van der Waals surface area contributed by atoms with Gasteiger partial charge in [0.2, 0.25) is 0 Å². The lowest BCUT2D eigenvalue weighted by Crippen LogP contribution is -2.39. The number of carbonyl (C=O) groups excluding carboxylic acids is 1. The van der Waals surface area contributed by atoms with E-state index in [2.05, 4.69) is 12.2 Å². The average molecular weight is 242 g/mol. The number of urea groups is 1. The van der Waals surface area contributed by atoms with Gasteiger partial charge >= 0.3 is 12.0 Å². The van der Waals surface area contributed by atoms with Crippen molar-refractivity contribution in [3.8, 4) is 0 Å². The third-order valence-corrected chi connectivity index (χ3v) is 3.27.